The van der Waals surface area contributed by atoms with Gasteiger partial charge in [-0.3, -0.25) is 0 Å². The molecule has 0 aromatic carbocycles. The van der Waals surface area contributed by atoms with Gasteiger partial charge in [-0.1, -0.05) is 0 Å². The second-order valence-electron chi connectivity index (χ2n) is 3.82. The topological polar surface area (TPSA) is 40.7 Å². The van der Waals surface area contributed by atoms with Crippen LogP contribution in [0.2, 0.25) is 0 Å². The molecule has 1 heterocycles. The van der Waals surface area contributed by atoms with E-state index in [4.69, 9.17) is 12.2 Å². The van der Waals surface area contributed by atoms with Crippen LogP contribution in [0.15, 0.2) is 0 Å². The van der Waals surface area contributed by atoms with Gasteiger partial charge >= 0.3 is 0 Å². The first-order valence-electron chi connectivity index (χ1n) is 4.96. The number of nitrogens with zero attached hydrogens (tertiary/aromatic N) is 1. The highest BCUT2D eigenvalue weighted by atomic mass is 32.1. The Labute approximate surface area is 89.0 Å². The summed E-state index contributed by atoms with van der Waals surface area (Å²) in [5.74, 6) is 0.606. The summed E-state index contributed by atoms with van der Waals surface area (Å²) in [6, 6.07) is 0. The van der Waals surface area contributed by atoms with Crippen molar-refractivity contribution in [3.63, 3.8) is 0 Å². The lowest BCUT2D eigenvalue weighted by atomic mass is 10.0. The van der Waals surface area contributed by atoms with Crippen LogP contribution in [0.3, 0.4) is 0 Å². The van der Waals surface area contributed by atoms with Crippen LogP contribution < -0.4 is 5.32 Å². The summed E-state index contributed by atoms with van der Waals surface area (Å²) in [5.41, 5.74) is 3.78. The van der Waals surface area contributed by atoms with Crippen molar-refractivity contribution < 1.29 is 0 Å². The molecule has 1 aromatic heterocycles. The number of nitrogens with one attached hydrogen (secondary N) is 2. The van der Waals surface area contributed by atoms with Gasteiger partial charge in [-0.2, -0.15) is 0 Å². The van der Waals surface area contributed by atoms with Gasteiger partial charge in [0.1, 0.15) is 0 Å². The predicted molar refractivity (Wildman–Crippen MR) is 59.1 cm³/mol. The molecule has 76 valence electrons. The average molecular weight is 209 g/mol. The Hall–Kier alpha value is -0.740. The summed E-state index contributed by atoms with van der Waals surface area (Å²) in [7, 11) is 1.99. The molecule has 1 unspecified atom stereocenters. The molecule has 1 aliphatic carbocycles. The lowest BCUT2D eigenvalue weighted by Gasteiger charge is -2.12. The summed E-state index contributed by atoms with van der Waals surface area (Å²) < 4.78 is 0.617. The number of rotatable bonds is 2. The third-order valence-corrected chi connectivity index (χ3v) is 3.03. The van der Waals surface area contributed by atoms with Crippen LogP contribution in [0.5, 0.6) is 0 Å². The van der Waals surface area contributed by atoms with Gasteiger partial charge in [0.15, 0.2) is 4.77 Å². The van der Waals surface area contributed by atoms with Gasteiger partial charge in [0.05, 0.1) is 0 Å². The van der Waals surface area contributed by atoms with E-state index in [-0.39, 0.29) is 0 Å². The summed E-state index contributed by atoms with van der Waals surface area (Å²) in [5, 5.41) is 3.22. The fraction of sp³-hybridized carbons (Fsp3) is 0.600. The first kappa shape index (κ1) is 9.80. The molecule has 0 bridgehead atoms. The van der Waals surface area contributed by atoms with E-state index >= 15 is 0 Å². The first-order chi connectivity index (χ1) is 6.72. The molecule has 2 N–H and O–H groups in total. The molecule has 14 heavy (non-hydrogen) atoms. The fourth-order valence-corrected chi connectivity index (χ4v) is 2.56. The van der Waals surface area contributed by atoms with Gasteiger partial charge < -0.3 is 10.3 Å². The van der Waals surface area contributed by atoms with E-state index in [0.717, 1.165) is 13.0 Å². The van der Waals surface area contributed by atoms with Crippen molar-refractivity contribution in [2.75, 3.05) is 13.6 Å². The standard InChI is InChI=1S/C10H15N3S/c1-6-9-7(5-11-2)3-4-8(9)13-10(14)12-6/h7,11H,3-5H2,1-2H3,(H,12,13,14). The molecule has 1 atom stereocenters. The van der Waals surface area contributed by atoms with Crippen molar-refractivity contribution in [2.24, 2.45) is 0 Å². The van der Waals surface area contributed by atoms with Crippen molar-refractivity contribution in [2.45, 2.75) is 25.7 Å². The zero-order valence-electron chi connectivity index (χ0n) is 8.55. The van der Waals surface area contributed by atoms with Crippen molar-refractivity contribution >= 4 is 12.2 Å². The van der Waals surface area contributed by atoms with Gasteiger partial charge in [0.25, 0.3) is 0 Å². The minimum absolute atomic E-state index is 0.606. The molecule has 0 aliphatic heterocycles. The first-order valence-corrected chi connectivity index (χ1v) is 5.37. The predicted octanol–water partition coefficient (Wildman–Crippen LogP) is 1.70. The van der Waals surface area contributed by atoms with Crippen molar-refractivity contribution in [3.8, 4) is 0 Å². The molecule has 2 rings (SSSR count). The highest BCUT2D eigenvalue weighted by molar-refractivity contribution is 7.71. The van der Waals surface area contributed by atoms with Crippen LogP contribution in [0.4, 0.5) is 0 Å². The Morgan fingerprint density at radius 1 is 1.64 bits per heavy atom. The van der Waals surface area contributed by atoms with E-state index in [2.05, 4.69) is 22.2 Å². The molecule has 0 saturated heterocycles. The van der Waals surface area contributed by atoms with Crippen LogP contribution in [0.1, 0.15) is 29.3 Å². The quantitative estimate of drug-likeness (QED) is 0.728. The number of hydrogen-bond donors (Lipinski definition) is 2. The number of fused-ring (bicyclic) bond motifs is 1. The van der Waals surface area contributed by atoms with E-state index in [1.54, 1.807) is 0 Å². The van der Waals surface area contributed by atoms with Gasteiger partial charge in [-0.05, 0) is 44.6 Å². The summed E-state index contributed by atoms with van der Waals surface area (Å²) in [4.78, 5) is 7.51. The minimum Gasteiger partial charge on any atom is -0.334 e. The van der Waals surface area contributed by atoms with Gasteiger partial charge in [-0.15, -0.1) is 0 Å². The normalized spacial score (nSPS) is 19.7. The second kappa shape index (κ2) is 3.79. The van der Waals surface area contributed by atoms with Crippen LogP contribution >= 0.6 is 12.2 Å². The Bertz CT molecular complexity index is 397. The van der Waals surface area contributed by atoms with Gasteiger partial charge in [-0.25, -0.2) is 4.98 Å². The Balaban J connectivity index is 2.44. The molecule has 0 spiro atoms. The maximum Gasteiger partial charge on any atom is 0.197 e. The maximum atomic E-state index is 5.06. The SMILES string of the molecule is CNCC1CCc2nc(=S)[nH]c(C)c21. The van der Waals surface area contributed by atoms with Gasteiger partial charge in [0, 0.05) is 23.9 Å². The molecule has 0 fully saturated rings. The van der Waals surface area contributed by atoms with Crippen molar-refractivity contribution in [3.05, 3.63) is 21.7 Å². The Morgan fingerprint density at radius 3 is 3.14 bits per heavy atom. The number of hydrogen-bond acceptors (Lipinski definition) is 3. The van der Waals surface area contributed by atoms with Crippen LogP contribution in [-0.2, 0) is 6.42 Å². The minimum atomic E-state index is 0.606. The molecule has 1 aliphatic rings. The molecule has 0 saturated carbocycles. The fourth-order valence-electron chi connectivity index (χ4n) is 2.29. The van der Waals surface area contributed by atoms with E-state index < -0.39 is 0 Å². The largest absolute Gasteiger partial charge is 0.334 e. The van der Waals surface area contributed by atoms with E-state index in [0.29, 0.717) is 10.7 Å². The summed E-state index contributed by atoms with van der Waals surface area (Å²) in [6.45, 7) is 3.12. The van der Waals surface area contributed by atoms with Crippen LogP contribution in [0.25, 0.3) is 0 Å². The highest BCUT2D eigenvalue weighted by Gasteiger charge is 2.25. The zero-order chi connectivity index (χ0) is 10.1. The molecule has 0 amide bonds. The molecule has 0 radical (unpaired) electrons. The number of likely N-dealkylation sites (N-methyl/N-ethyl adjacent to an activating group) is 1. The maximum absolute atomic E-state index is 5.06. The van der Waals surface area contributed by atoms with E-state index in [1.165, 1.54) is 23.4 Å². The molecular weight excluding hydrogens is 194 g/mol. The third-order valence-electron chi connectivity index (χ3n) is 2.83. The third kappa shape index (κ3) is 1.60. The highest BCUT2D eigenvalue weighted by Crippen LogP contribution is 2.32. The lowest BCUT2D eigenvalue weighted by Crippen LogP contribution is -2.16. The lowest BCUT2D eigenvalue weighted by molar-refractivity contribution is 0.620. The molecule has 1 aromatic rings. The van der Waals surface area contributed by atoms with Crippen molar-refractivity contribution in [1.29, 1.82) is 0 Å². The Kier molecular flexibility index (Phi) is 2.65. The van der Waals surface area contributed by atoms with Crippen LogP contribution in [0, 0.1) is 11.7 Å². The van der Waals surface area contributed by atoms with Crippen molar-refractivity contribution in [1.82, 2.24) is 15.3 Å². The summed E-state index contributed by atoms with van der Waals surface area (Å²) >= 11 is 5.06. The molecular formula is C10H15N3S. The molecule has 3 nitrogen and oxygen atoms in total. The van der Waals surface area contributed by atoms with E-state index in [1.807, 2.05) is 7.05 Å². The van der Waals surface area contributed by atoms with E-state index in [9.17, 15) is 0 Å². The smallest absolute Gasteiger partial charge is 0.197 e. The number of aromatic nitrogens is 2. The summed E-state index contributed by atoms with van der Waals surface area (Å²) in [6.07, 6.45) is 2.26. The van der Waals surface area contributed by atoms with Crippen LogP contribution in [-0.4, -0.2) is 23.6 Å². The van der Waals surface area contributed by atoms with Gasteiger partial charge in [0.2, 0.25) is 0 Å². The number of H-pyrrole nitrogens is 1. The average Bonchev–Trinajstić information content (AvgIpc) is 2.49. The monoisotopic (exact) mass is 209 g/mol. The molecule has 4 heteroatoms. The number of aryl methyl sites for hydroxylation is 2. The Morgan fingerprint density at radius 2 is 2.43 bits per heavy atom. The number of aromatic amines is 1. The zero-order valence-corrected chi connectivity index (χ0v) is 9.37. The second-order valence-corrected chi connectivity index (χ2v) is 4.21.